The van der Waals surface area contributed by atoms with Crippen molar-refractivity contribution < 1.29 is 14.3 Å². The van der Waals surface area contributed by atoms with Crippen LogP contribution in [0.3, 0.4) is 0 Å². The lowest BCUT2D eigenvalue weighted by atomic mass is 9.49. The molecule has 4 bridgehead atoms. The molecular formula is C21H32ClNO3. The first-order valence-corrected chi connectivity index (χ1v) is 10.8. The molecule has 146 valence electrons. The Labute approximate surface area is 161 Å². The second-order valence-corrected chi connectivity index (χ2v) is 10.7. The Bertz CT molecular complexity index is 578. The zero-order chi connectivity index (χ0) is 18.5. The van der Waals surface area contributed by atoms with Gasteiger partial charge in [-0.2, -0.15) is 0 Å². The molecule has 0 heterocycles. The van der Waals surface area contributed by atoms with Gasteiger partial charge in [0.1, 0.15) is 0 Å². The van der Waals surface area contributed by atoms with Crippen molar-refractivity contribution in [3.8, 4) is 0 Å². The third-order valence-electron chi connectivity index (χ3n) is 7.81. The number of carbonyl (C=O) groups is 2. The van der Waals surface area contributed by atoms with Crippen molar-refractivity contribution >= 4 is 23.5 Å². The Kier molecular flexibility index (Phi) is 4.78. The molecule has 0 aliphatic heterocycles. The molecule has 5 saturated carbocycles. The number of rotatable bonds is 4. The van der Waals surface area contributed by atoms with Gasteiger partial charge in [-0.1, -0.05) is 26.7 Å². The minimum atomic E-state index is -0.432. The summed E-state index contributed by atoms with van der Waals surface area (Å²) in [5.74, 6) is 1.87. The number of nitrogens with one attached hydrogen (secondary N) is 1. The van der Waals surface area contributed by atoms with Gasteiger partial charge >= 0.3 is 5.97 Å². The van der Waals surface area contributed by atoms with Crippen molar-refractivity contribution in [3.05, 3.63) is 0 Å². The maximum absolute atomic E-state index is 12.9. The molecule has 0 aromatic heterocycles. The van der Waals surface area contributed by atoms with Gasteiger partial charge in [0.25, 0.3) is 5.91 Å². The summed E-state index contributed by atoms with van der Waals surface area (Å²) in [5.41, 5.74) is -0.432. The number of ether oxygens (including phenoxy) is 1. The van der Waals surface area contributed by atoms with E-state index in [-0.39, 0.29) is 29.4 Å². The summed E-state index contributed by atoms with van der Waals surface area (Å²) in [4.78, 5) is 25.0. The van der Waals surface area contributed by atoms with Crippen molar-refractivity contribution in [2.75, 3.05) is 6.61 Å². The fourth-order valence-corrected chi connectivity index (χ4v) is 7.40. The lowest BCUT2D eigenvalue weighted by Crippen LogP contribution is -2.56. The number of carbonyl (C=O) groups excluding carboxylic acids is 2. The van der Waals surface area contributed by atoms with Gasteiger partial charge in [-0.3, -0.25) is 9.59 Å². The lowest BCUT2D eigenvalue weighted by molar-refractivity contribution is -0.172. The van der Waals surface area contributed by atoms with Gasteiger partial charge in [0.05, 0.1) is 5.41 Å². The topological polar surface area (TPSA) is 55.4 Å². The van der Waals surface area contributed by atoms with Crippen LogP contribution in [0.2, 0.25) is 0 Å². The molecule has 2 unspecified atom stereocenters. The number of alkyl halides is 1. The van der Waals surface area contributed by atoms with Crippen LogP contribution in [0.25, 0.3) is 0 Å². The largest absolute Gasteiger partial charge is 0.455 e. The van der Waals surface area contributed by atoms with Gasteiger partial charge in [-0.05, 0) is 68.6 Å². The first-order valence-electron chi connectivity index (χ1n) is 10.4. The number of esters is 1. The average Bonchev–Trinajstić information content (AvgIpc) is 2.54. The minimum Gasteiger partial charge on any atom is -0.455 e. The normalized spacial score (nSPS) is 46.8. The second-order valence-electron chi connectivity index (χ2n) is 9.91. The van der Waals surface area contributed by atoms with Gasteiger partial charge in [0.2, 0.25) is 0 Å². The van der Waals surface area contributed by atoms with Crippen LogP contribution >= 0.6 is 11.6 Å². The van der Waals surface area contributed by atoms with E-state index >= 15 is 0 Å². The molecule has 1 N–H and O–H groups in total. The highest BCUT2D eigenvalue weighted by atomic mass is 35.5. The molecule has 7 atom stereocenters. The van der Waals surface area contributed by atoms with E-state index in [1.54, 1.807) is 0 Å². The van der Waals surface area contributed by atoms with Gasteiger partial charge < -0.3 is 10.1 Å². The van der Waals surface area contributed by atoms with Gasteiger partial charge in [-0.25, -0.2) is 0 Å². The van der Waals surface area contributed by atoms with E-state index in [4.69, 9.17) is 16.3 Å². The monoisotopic (exact) mass is 381 g/mol. The number of hydrogen-bond donors (Lipinski definition) is 1. The highest BCUT2D eigenvalue weighted by Gasteiger charge is 2.60. The molecular weight excluding hydrogens is 350 g/mol. The van der Waals surface area contributed by atoms with Crippen molar-refractivity contribution in [2.24, 2.45) is 29.1 Å². The van der Waals surface area contributed by atoms with E-state index in [2.05, 4.69) is 19.2 Å². The molecule has 5 aliphatic rings. The molecule has 5 fully saturated rings. The van der Waals surface area contributed by atoms with Gasteiger partial charge in [0.15, 0.2) is 6.61 Å². The van der Waals surface area contributed by atoms with Crippen LogP contribution in [0.5, 0.6) is 0 Å². The molecule has 4 nitrogen and oxygen atoms in total. The van der Waals surface area contributed by atoms with Crippen molar-refractivity contribution in [3.63, 3.8) is 0 Å². The Hall–Kier alpha value is -0.770. The molecule has 5 rings (SSSR count). The third kappa shape index (κ3) is 3.39. The van der Waals surface area contributed by atoms with Crippen LogP contribution in [-0.4, -0.2) is 29.4 Å². The van der Waals surface area contributed by atoms with Crippen LogP contribution < -0.4 is 5.32 Å². The van der Waals surface area contributed by atoms with E-state index in [0.717, 1.165) is 44.9 Å². The first kappa shape index (κ1) is 18.6. The Morgan fingerprint density at radius 1 is 1.12 bits per heavy atom. The van der Waals surface area contributed by atoms with E-state index in [9.17, 15) is 9.59 Å². The van der Waals surface area contributed by atoms with Gasteiger partial charge in [0, 0.05) is 10.9 Å². The zero-order valence-electron chi connectivity index (χ0n) is 16.1. The summed E-state index contributed by atoms with van der Waals surface area (Å²) in [7, 11) is 0. The van der Waals surface area contributed by atoms with E-state index in [1.807, 2.05) is 0 Å². The maximum atomic E-state index is 12.9. The SMILES string of the molecule is C[C@H]1[C@@H](NC(=O)COC(=O)C23C[C@@H]4C[C@@H](CC(Cl)(C4)C2)C3)CCC[C@@H]1C. The summed E-state index contributed by atoms with van der Waals surface area (Å²) >= 11 is 6.80. The molecule has 0 spiro atoms. The number of hydrogen-bond acceptors (Lipinski definition) is 3. The summed E-state index contributed by atoms with van der Waals surface area (Å²) in [5, 5.41) is 3.09. The molecule has 0 radical (unpaired) electrons. The van der Waals surface area contributed by atoms with E-state index in [1.165, 1.54) is 12.8 Å². The summed E-state index contributed by atoms with van der Waals surface area (Å²) in [6, 6.07) is 0.204. The molecule has 0 saturated heterocycles. The van der Waals surface area contributed by atoms with Crippen molar-refractivity contribution in [1.82, 2.24) is 5.32 Å². The predicted octanol–water partition coefficient (Wildman–Crippen LogP) is 4.05. The van der Waals surface area contributed by atoms with E-state index < -0.39 is 5.41 Å². The molecule has 26 heavy (non-hydrogen) atoms. The highest BCUT2D eigenvalue weighted by Crippen LogP contribution is 2.64. The van der Waals surface area contributed by atoms with Crippen LogP contribution in [0.15, 0.2) is 0 Å². The molecule has 0 aromatic rings. The second kappa shape index (κ2) is 6.68. The van der Waals surface area contributed by atoms with Crippen LogP contribution in [0.1, 0.15) is 71.6 Å². The summed E-state index contributed by atoms with van der Waals surface area (Å²) in [6.07, 6.45) is 9.22. The Balaban J connectivity index is 1.32. The van der Waals surface area contributed by atoms with Crippen molar-refractivity contribution in [2.45, 2.75) is 82.6 Å². The Morgan fingerprint density at radius 2 is 1.81 bits per heavy atom. The van der Waals surface area contributed by atoms with Crippen LogP contribution in [-0.2, 0) is 14.3 Å². The van der Waals surface area contributed by atoms with E-state index in [0.29, 0.717) is 23.7 Å². The standard InChI is InChI=1S/C21H32ClNO3/c1-13-4-3-5-17(14(13)2)23-18(24)11-26-19(25)20-7-15-6-16(8-20)10-21(22,9-15)12-20/h13-17H,3-12H2,1-2H3,(H,23,24)/t13-,14+,15-,16+,17-,20?,21?/m0/s1. The van der Waals surface area contributed by atoms with Crippen LogP contribution in [0, 0.1) is 29.1 Å². The zero-order valence-corrected chi connectivity index (χ0v) is 16.8. The smallest absolute Gasteiger partial charge is 0.312 e. The first-order chi connectivity index (χ1) is 12.3. The fourth-order valence-electron chi connectivity index (χ4n) is 6.71. The summed E-state index contributed by atoms with van der Waals surface area (Å²) < 4.78 is 5.53. The Morgan fingerprint density at radius 3 is 2.46 bits per heavy atom. The maximum Gasteiger partial charge on any atom is 0.312 e. The highest BCUT2D eigenvalue weighted by molar-refractivity contribution is 6.24. The molecule has 1 amide bonds. The quantitative estimate of drug-likeness (QED) is 0.590. The van der Waals surface area contributed by atoms with Gasteiger partial charge in [-0.15, -0.1) is 11.6 Å². The minimum absolute atomic E-state index is 0.150. The number of halogens is 1. The number of amides is 1. The third-order valence-corrected chi connectivity index (χ3v) is 8.25. The fraction of sp³-hybridized carbons (Fsp3) is 0.905. The lowest BCUT2D eigenvalue weighted by Gasteiger charge is -2.58. The average molecular weight is 382 g/mol. The molecule has 5 heteroatoms. The predicted molar refractivity (Wildman–Crippen MR) is 101 cm³/mol. The summed E-state index contributed by atoms with van der Waals surface area (Å²) in [6.45, 7) is 4.30. The molecule has 0 aromatic carbocycles. The van der Waals surface area contributed by atoms with Crippen molar-refractivity contribution in [1.29, 1.82) is 0 Å². The van der Waals surface area contributed by atoms with Crippen LogP contribution in [0.4, 0.5) is 0 Å². The molecule has 5 aliphatic carbocycles.